The van der Waals surface area contributed by atoms with Gasteiger partial charge in [-0.05, 0) is 48.2 Å². The topological polar surface area (TPSA) is 88.2 Å². The molecule has 0 bridgehead atoms. The number of nitrogens with one attached hydrogen (secondary N) is 1. The second-order valence-corrected chi connectivity index (χ2v) is 11.0. The van der Waals surface area contributed by atoms with E-state index in [2.05, 4.69) is 5.32 Å². The van der Waals surface area contributed by atoms with Crippen LogP contribution in [0.5, 0.6) is 5.75 Å². The number of ether oxygens (including phenoxy) is 2. The lowest BCUT2D eigenvalue weighted by molar-refractivity contribution is -0.143. The quantitative estimate of drug-likeness (QED) is 0.483. The van der Waals surface area contributed by atoms with E-state index in [1.165, 1.54) is 0 Å². The average molecular weight is 548 g/mol. The number of carbonyl (C=O) groups is 3. The van der Waals surface area contributed by atoms with E-state index in [0.717, 1.165) is 10.4 Å². The maximum absolute atomic E-state index is 14.0. The molecule has 2 saturated heterocycles. The van der Waals surface area contributed by atoms with Crippen LogP contribution in [-0.2, 0) is 20.7 Å². The molecule has 8 nitrogen and oxygen atoms in total. The van der Waals surface area contributed by atoms with E-state index in [1.807, 2.05) is 59.7 Å². The zero-order chi connectivity index (χ0) is 27.4. The molecular formula is C30H33N3O5S. The molecule has 39 heavy (non-hydrogen) atoms. The van der Waals surface area contributed by atoms with E-state index in [4.69, 9.17) is 9.47 Å². The van der Waals surface area contributed by atoms with Crippen molar-refractivity contribution in [2.24, 2.45) is 0 Å². The molecule has 1 aromatic heterocycles. The van der Waals surface area contributed by atoms with E-state index in [1.54, 1.807) is 47.6 Å². The number of piperidine rings is 1. The number of rotatable bonds is 7. The third-order valence-corrected chi connectivity index (χ3v) is 8.46. The van der Waals surface area contributed by atoms with Gasteiger partial charge in [0.05, 0.1) is 26.2 Å². The summed E-state index contributed by atoms with van der Waals surface area (Å²) in [5, 5.41) is 5.04. The largest absolute Gasteiger partial charge is 0.497 e. The van der Waals surface area contributed by atoms with Crippen LogP contribution in [0.3, 0.4) is 0 Å². The van der Waals surface area contributed by atoms with Crippen molar-refractivity contribution in [2.45, 2.75) is 44.0 Å². The van der Waals surface area contributed by atoms with E-state index >= 15 is 0 Å². The van der Waals surface area contributed by atoms with Gasteiger partial charge in [-0.3, -0.25) is 19.3 Å². The Morgan fingerprint density at radius 1 is 1.05 bits per heavy atom. The van der Waals surface area contributed by atoms with Gasteiger partial charge in [-0.2, -0.15) is 0 Å². The molecule has 2 atom stereocenters. The van der Waals surface area contributed by atoms with Crippen molar-refractivity contribution in [1.82, 2.24) is 15.1 Å². The van der Waals surface area contributed by atoms with Crippen molar-refractivity contribution >= 4 is 29.1 Å². The Kier molecular flexibility index (Phi) is 7.99. The Bertz CT molecular complexity index is 1290. The lowest BCUT2D eigenvalue weighted by Crippen LogP contribution is -2.60. The van der Waals surface area contributed by atoms with E-state index in [-0.39, 0.29) is 30.4 Å². The first-order valence-corrected chi connectivity index (χ1v) is 14.1. The van der Waals surface area contributed by atoms with E-state index in [9.17, 15) is 14.4 Å². The summed E-state index contributed by atoms with van der Waals surface area (Å²) in [6.45, 7) is 2.92. The van der Waals surface area contributed by atoms with Crippen LogP contribution in [0.4, 0.5) is 0 Å². The Hall–Kier alpha value is -3.69. The van der Waals surface area contributed by atoms with Gasteiger partial charge in [-0.25, -0.2) is 0 Å². The molecule has 2 fully saturated rings. The van der Waals surface area contributed by atoms with Crippen LogP contribution in [0, 0.1) is 0 Å². The second kappa shape index (κ2) is 11.6. The molecule has 0 saturated carbocycles. The third kappa shape index (κ3) is 5.69. The molecule has 1 N–H and O–H groups in total. The van der Waals surface area contributed by atoms with E-state index < -0.39 is 11.8 Å². The number of hydrogen-bond donors (Lipinski definition) is 1. The molecule has 0 aliphatic carbocycles. The van der Waals surface area contributed by atoms with Crippen LogP contribution in [-0.4, -0.2) is 66.1 Å². The normalized spacial score (nSPS) is 19.1. The maximum Gasteiger partial charge on any atom is 0.256 e. The maximum atomic E-state index is 14.0. The minimum Gasteiger partial charge on any atom is -0.497 e. The van der Waals surface area contributed by atoms with Gasteiger partial charge in [0.1, 0.15) is 17.5 Å². The molecular weight excluding hydrogens is 514 g/mol. The van der Waals surface area contributed by atoms with Gasteiger partial charge in [0, 0.05) is 36.4 Å². The highest BCUT2D eigenvalue weighted by atomic mass is 32.1. The fourth-order valence-corrected chi connectivity index (χ4v) is 6.05. The highest BCUT2D eigenvalue weighted by Gasteiger charge is 2.54. The van der Waals surface area contributed by atoms with Crippen LogP contribution in [0.2, 0.25) is 0 Å². The SMILES string of the molecule is COc1ccc(C(=O)N2[C@H](C(=O)N[C@@H](C)c3ccccc3)COC23CCN(C(=O)Cc2cccs2)CC3)cc1. The summed E-state index contributed by atoms with van der Waals surface area (Å²) in [5.41, 5.74) is 0.463. The lowest BCUT2D eigenvalue weighted by Gasteiger charge is -2.44. The first-order valence-electron chi connectivity index (χ1n) is 13.2. The summed E-state index contributed by atoms with van der Waals surface area (Å²) in [4.78, 5) is 44.9. The van der Waals surface area contributed by atoms with Gasteiger partial charge in [-0.1, -0.05) is 36.4 Å². The molecule has 2 aliphatic heterocycles. The van der Waals surface area contributed by atoms with Crippen LogP contribution in [0.25, 0.3) is 0 Å². The molecule has 9 heteroatoms. The van der Waals surface area contributed by atoms with Crippen molar-refractivity contribution < 1.29 is 23.9 Å². The van der Waals surface area contributed by atoms with Crippen LogP contribution in [0.15, 0.2) is 72.1 Å². The number of thiophene rings is 1. The zero-order valence-electron chi connectivity index (χ0n) is 22.2. The lowest BCUT2D eigenvalue weighted by atomic mass is 9.96. The monoisotopic (exact) mass is 547 g/mol. The van der Waals surface area contributed by atoms with Crippen molar-refractivity contribution in [2.75, 3.05) is 26.8 Å². The standard InChI is InChI=1S/C30H33N3O5S/c1-21(22-7-4-3-5-8-22)31-28(35)26-20-38-30(33(26)29(36)23-10-12-24(37-2)13-11-23)14-16-32(17-15-30)27(34)19-25-9-6-18-39-25/h3-13,18,21,26H,14-17,19-20H2,1-2H3,(H,31,35)/t21-,26-/m0/s1. The Labute approximate surface area is 232 Å². The Morgan fingerprint density at radius 2 is 1.77 bits per heavy atom. The van der Waals surface area contributed by atoms with Gasteiger partial charge in [0.25, 0.3) is 5.91 Å². The van der Waals surface area contributed by atoms with Crippen molar-refractivity contribution in [3.05, 3.63) is 88.1 Å². The minimum absolute atomic E-state index is 0.0595. The van der Waals surface area contributed by atoms with Crippen molar-refractivity contribution in [1.29, 1.82) is 0 Å². The van der Waals surface area contributed by atoms with Gasteiger partial charge >= 0.3 is 0 Å². The summed E-state index contributed by atoms with van der Waals surface area (Å²) in [6.07, 6.45) is 1.23. The summed E-state index contributed by atoms with van der Waals surface area (Å²) in [6, 6.07) is 19.5. The van der Waals surface area contributed by atoms with E-state index in [0.29, 0.717) is 43.7 Å². The first kappa shape index (κ1) is 26.9. The van der Waals surface area contributed by atoms with Crippen LogP contribution < -0.4 is 10.1 Å². The first-order chi connectivity index (χ1) is 18.9. The number of carbonyl (C=O) groups excluding carboxylic acids is 3. The highest BCUT2D eigenvalue weighted by Crippen LogP contribution is 2.39. The Balaban J connectivity index is 1.36. The highest BCUT2D eigenvalue weighted by molar-refractivity contribution is 7.10. The molecule has 2 aliphatic rings. The summed E-state index contributed by atoms with van der Waals surface area (Å²) < 4.78 is 11.6. The van der Waals surface area contributed by atoms with Crippen molar-refractivity contribution in [3.63, 3.8) is 0 Å². The number of methoxy groups -OCH3 is 1. The average Bonchev–Trinajstić information content (AvgIpc) is 3.61. The molecule has 2 aromatic carbocycles. The van der Waals surface area contributed by atoms with Crippen LogP contribution in [0.1, 0.15) is 46.6 Å². The fourth-order valence-electron chi connectivity index (χ4n) is 5.35. The smallest absolute Gasteiger partial charge is 0.256 e. The zero-order valence-corrected chi connectivity index (χ0v) is 23.0. The number of hydrogen-bond acceptors (Lipinski definition) is 6. The van der Waals surface area contributed by atoms with Gasteiger partial charge < -0.3 is 19.7 Å². The Morgan fingerprint density at radius 3 is 2.41 bits per heavy atom. The minimum atomic E-state index is -0.964. The van der Waals surface area contributed by atoms with Gasteiger partial charge in [0.15, 0.2) is 0 Å². The van der Waals surface area contributed by atoms with Gasteiger partial charge in [-0.15, -0.1) is 11.3 Å². The summed E-state index contributed by atoms with van der Waals surface area (Å²) in [5.74, 6) is 0.161. The molecule has 0 unspecified atom stereocenters. The molecule has 1 spiro atoms. The number of nitrogens with zero attached hydrogens (tertiary/aromatic N) is 2. The van der Waals surface area contributed by atoms with Gasteiger partial charge in [0.2, 0.25) is 11.8 Å². The summed E-state index contributed by atoms with van der Waals surface area (Å²) in [7, 11) is 1.57. The fraction of sp³-hybridized carbons (Fsp3) is 0.367. The molecule has 3 amide bonds. The van der Waals surface area contributed by atoms with Crippen LogP contribution >= 0.6 is 11.3 Å². The number of likely N-dealkylation sites (tertiary alicyclic amines) is 1. The van der Waals surface area contributed by atoms with Crippen molar-refractivity contribution in [3.8, 4) is 5.75 Å². The molecule has 0 radical (unpaired) electrons. The second-order valence-electron chi connectivity index (χ2n) is 9.95. The third-order valence-electron chi connectivity index (χ3n) is 7.58. The number of benzene rings is 2. The summed E-state index contributed by atoms with van der Waals surface area (Å²) >= 11 is 1.57. The predicted octanol–water partition coefficient (Wildman–Crippen LogP) is 4.04. The molecule has 204 valence electrons. The molecule has 5 rings (SSSR count). The number of amides is 3. The predicted molar refractivity (Wildman–Crippen MR) is 148 cm³/mol. The molecule has 3 heterocycles. The molecule has 3 aromatic rings.